The summed E-state index contributed by atoms with van der Waals surface area (Å²) in [4.78, 5) is 13.1. The molecule has 1 aliphatic heterocycles. The van der Waals surface area contributed by atoms with Crippen molar-refractivity contribution >= 4 is 38.9 Å². The molecule has 18 heavy (non-hydrogen) atoms. The van der Waals surface area contributed by atoms with Crippen LogP contribution in [0.2, 0.25) is 5.02 Å². The lowest BCUT2D eigenvalue weighted by Gasteiger charge is -2.18. The molecule has 6 nitrogen and oxygen atoms in total. The number of nitrogen functional groups attached to an aromatic ring is 1. The molecule has 0 spiro atoms. The van der Waals surface area contributed by atoms with Gasteiger partial charge in [-0.15, -0.1) is 0 Å². The summed E-state index contributed by atoms with van der Waals surface area (Å²) in [6.07, 6.45) is -0.124. The Morgan fingerprint density at radius 2 is 2.06 bits per heavy atom. The third-order valence-electron chi connectivity index (χ3n) is 2.83. The van der Waals surface area contributed by atoms with E-state index in [1.54, 1.807) is 12.1 Å². The number of primary sulfonamides is 1. The van der Waals surface area contributed by atoms with E-state index in [2.05, 4.69) is 0 Å². The summed E-state index contributed by atoms with van der Waals surface area (Å²) < 4.78 is 22.5. The van der Waals surface area contributed by atoms with E-state index in [-0.39, 0.29) is 18.9 Å². The molecule has 0 bridgehead atoms. The first kappa shape index (κ1) is 13.1. The number of nitrogens with zero attached hydrogens (tertiary/aromatic N) is 1. The number of sulfonamides is 1. The number of benzene rings is 1. The number of nitrogens with two attached hydrogens (primary N) is 2. The molecule has 1 atom stereocenters. The largest absolute Gasteiger partial charge is 0.397 e. The first-order chi connectivity index (χ1) is 8.29. The number of rotatable bonds is 2. The maximum atomic E-state index is 11.8. The van der Waals surface area contributed by atoms with E-state index in [1.807, 2.05) is 0 Å². The van der Waals surface area contributed by atoms with Gasteiger partial charge in [-0.1, -0.05) is 11.6 Å². The van der Waals surface area contributed by atoms with Crippen LogP contribution in [-0.4, -0.2) is 26.1 Å². The van der Waals surface area contributed by atoms with Gasteiger partial charge in [-0.25, -0.2) is 13.6 Å². The molecule has 0 aliphatic carbocycles. The molecular weight excluding hydrogens is 278 g/mol. The normalized spacial score (nSPS) is 20.4. The highest BCUT2D eigenvalue weighted by atomic mass is 35.5. The minimum Gasteiger partial charge on any atom is -0.397 e. The van der Waals surface area contributed by atoms with Crippen molar-refractivity contribution in [2.75, 3.05) is 17.2 Å². The number of carbonyl (C=O) groups excluding carboxylic acids is 1. The predicted molar refractivity (Wildman–Crippen MR) is 69.7 cm³/mol. The van der Waals surface area contributed by atoms with E-state index in [0.717, 1.165) is 0 Å². The van der Waals surface area contributed by atoms with Crippen LogP contribution in [0.3, 0.4) is 0 Å². The van der Waals surface area contributed by atoms with Crippen molar-refractivity contribution in [2.24, 2.45) is 5.14 Å². The SMILES string of the molecule is Nc1cc(Cl)ccc1N1CC(S(N)(=O)=O)CC1=O. The summed E-state index contributed by atoms with van der Waals surface area (Å²) in [6, 6.07) is 4.68. The lowest BCUT2D eigenvalue weighted by molar-refractivity contribution is -0.117. The van der Waals surface area contributed by atoms with Crippen molar-refractivity contribution in [3.8, 4) is 0 Å². The highest BCUT2D eigenvalue weighted by Gasteiger charge is 2.37. The molecule has 0 aromatic heterocycles. The van der Waals surface area contributed by atoms with Crippen molar-refractivity contribution < 1.29 is 13.2 Å². The lowest BCUT2D eigenvalue weighted by atomic mass is 10.2. The van der Waals surface area contributed by atoms with Crippen LogP contribution in [0.4, 0.5) is 11.4 Å². The summed E-state index contributed by atoms with van der Waals surface area (Å²) in [7, 11) is -3.73. The third-order valence-corrected chi connectivity index (χ3v) is 4.31. The van der Waals surface area contributed by atoms with E-state index < -0.39 is 15.3 Å². The number of halogens is 1. The van der Waals surface area contributed by atoms with E-state index >= 15 is 0 Å². The van der Waals surface area contributed by atoms with Crippen molar-refractivity contribution in [3.63, 3.8) is 0 Å². The van der Waals surface area contributed by atoms with Crippen molar-refractivity contribution in [1.82, 2.24) is 0 Å². The Morgan fingerprint density at radius 3 is 2.56 bits per heavy atom. The minimum atomic E-state index is -3.73. The molecule has 1 aliphatic rings. The molecule has 8 heteroatoms. The molecule has 98 valence electrons. The highest BCUT2D eigenvalue weighted by Crippen LogP contribution is 2.30. The van der Waals surface area contributed by atoms with Gasteiger partial charge in [0.1, 0.15) is 5.25 Å². The maximum absolute atomic E-state index is 11.8. The molecule has 1 aromatic rings. The van der Waals surface area contributed by atoms with Crippen molar-refractivity contribution in [2.45, 2.75) is 11.7 Å². The molecule has 1 heterocycles. The third kappa shape index (κ3) is 2.43. The predicted octanol–water partition coefficient (Wildman–Crippen LogP) is 0.316. The van der Waals surface area contributed by atoms with E-state index in [0.29, 0.717) is 16.4 Å². The fourth-order valence-electron chi connectivity index (χ4n) is 1.90. The second kappa shape index (κ2) is 4.42. The molecule has 1 aromatic carbocycles. The van der Waals surface area contributed by atoms with Gasteiger partial charge in [0, 0.05) is 18.0 Å². The zero-order valence-corrected chi connectivity index (χ0v) is 10.9. The molecule has 2 rings (SSSR count). The summed E-state index contributed by atoms with van der Waals surface area (Å²) in [6.45, 7) is 0.0174. The summed E-state index contributed by atoms with van der Waals surface area (Å²) in [5.74, 6) is -0.317. The van der Waals surface area contributed by atoms with Crippen LogP contribution >= 0.6 is 11.6 Å². The second-order valence-corrected chi connectivity index (χ2v) is 6.40. The van der Waals surface area contributed by atoms with E-state index in [9.17, 15) is 13.2 Å². The molecule has 1 unspecified atom stereocenters. The van der Waals surface area contributed by atoms with Gasteiger partial charge in [0.15, 0.2) is 0 Å². The lowest BCUT2D eigenvalue weighted by Crippen LogP contribution is -2.32. The van der Waals surface area contributed by atoms with Crippen molar-refractivity contribution in [3.05, 3.63) is 23.2 Å². The molecule has 0 saturated carbocycles. The fourth-order valence-corrected chi connectivity index (χ4v) is 2.81. The van der Waals surface area contributed by atoms with Gasteiger partial charge in [0.05, 0.1) is 11.4 Å². The fraction of sp³-hybridized carbons (Fsp3) is 0.300. The Kier molecular flexibility index (Phi) is 3.22. The quantitative estimate of drug-likeness (QED) is 0.764. The average Bonchev–Trinajstić information content (AvgIpc) is 2.60. The number of anilines is 2. The van der Waals surface area contributed by atoms with Crippen LogP contribution in [0.15, 0.2) is 18.2 Å². The van der Waals surface area contributed by atoms with Crippen LogP contribution in [0, 0.1) is 0 Å². The number of hydrogen-bond acceptors (Lipinski definition) is 4. The second-order valence-electron chi connectivity index (χ2n) is 4.12. The standard InChI is InChI=1S/C10H12ClN3O3S/c11-6-1-2-9(8(12)3-6)14-5-7(4-10(14)15)18(13,16)17/h1-3,7H,4-5,12H2,(H2,13,16,17). The average molecular weight is 290 g/mol. The summed E-state index contributed by atoms with van der Waals surface area (Å²) >= 11 is 5.76. The molecule has 1 amide bonds. The monoisotopic (exact) mass is 289 g/mol. The van der Waals surface area contributed by atoms with Crippen LogP contribution < -0.4 is 15.8 Å². The maximum Gasteiger partial charge on any atom is 0.228 e. The minimum absolute atomic E-state index is 0.0174. The van der Waals surface area contributed by atoms with E-state index in [1.165, 1.54) is 11.0 Å². The Hall–Kier alpha value is -1.31. The molecule has 1 fully saturated rings. The summed E-state index contributed by atoms with van der Waals surface area (Å²) in [5, 5.41) is 4.61. The topological polar surface area (TPSA) is 106 Å². The number of carbonyl (C=O) groups is 1. The first-order valence-electron chi connectivity index (χ1n) is 5.16. The molecule has 0 radical (unpaired) electrons. The van der Waals surface area contributed by atoms with Crippen LogP contribution in [-0.2, 0) is 14.8 Å². The van der Waals surface area contributed by atoms with Crippen LogP contribution in [0.25, 0.3) is 0 Å². The van der Waals surface area contributed by atoms with Crippen LogP contribution in [0.1, 0.15) is 6.42 Å². The Labute approximate surface area is 110 Å². The molecule has 4 N–H and O–H groups in total. The molecule has 1 saturated heterocycles. The van der Waals surface area contributed by atoms with Gasteiger partial charge in [-0.05, 0) is 18.2 Å². The van der Waals surface area contributed by atoms with Crippen molar-refractivity contribution in [1.29, 1.82) is 0 Å². The highest BCUT2D eigenvalue weighted by molar-refractivity contribution is 7.89. The zero-order chi connectivity index (χ0) is 13.5. The summed E-state index contributed by atoms with van der Waals surface area (Å²) in [5.41, 5.74) is 6.54. The van der Waals surface area contributed by atoms with E-state index in [4.69, 9.17) is 22.5 Å². The van der Waals surface area contributed by atoms with Gasteiger partial charge in [0.25, 0.3) is 0 Å². The number of hydrogen-bond donors (Lipinski definition) is 2. The van der Waals surface area contributed by atoms with Gasteiger partial charge in [-0.3, -0.25) is 4.79 Å². The van der Waals surface area contributed by atoms with Gasteiger partial charge >= 0.3 is 0 Å². The zero-order valence-electron chi connectivity index (χ0n) is 9.34. The van der Waals surface area contributed by atoms with Crippen LogP contribution in [0.5, 0.6) is 0 Å². The Bertz CT molecular complexity index is 602. The van der Waals surface area contributed by atoms with Gasteiger partial charge < -0.3 is 10.6 Å². The number of amides is 1. The van der Waals surface area contributed by atoms with Gasteiger partial charge in [0.2, 0.25) is 15.9 Å². The smallest absolute Gasteiger partial charge is 0.228 e. The first-order valence-corrected chi connectivity index (χ1v) is 7.15. The molecular formula is C10H12ClN3O3S. The Balaban J connectivity index is 2.33. The Morgan fingerprint density at radius 1 is 1.39 bits per heavy atom. The van der Waals surface area contributed by atoms with Gasteiger partial charge in [-0.2, -0.15) is 0 Å².